The van der Waals surface area contributed by atoms with E-state index in [0.29, 0.717) is 5.75 Å². The van der Waals surface area contributed by atoms with E-state index in [9.17, 15) is 14.3 Å². The number of ether oxygens (including phenoxy) is 2. The normalized spacial score (nSPS) is 26.0. The average molecular weight is 427 g/mol. The van der Waals surface area contributed by atoms with Gasteiger partial charge in [-0.25, -0.2) is 4.39 Å². The molecule has 1 amide bonds. The Morgan fingerprint density at radius 2 is 2.11 bits per heavy atom. The van der Waals surface area contributed by atoms with Crippen LogP contribution >= 0.6 is 22.9 Å². The molecular formula is C19H20ClFN2O4S. The van der Waals surface area contributed by atoms with E-state index < -0.39 is 12.0 Å². The van der Waals surface area contributed by atoms with Crippen molar-refractivity contribution >= 4 is 28.8 Å². The van der Waals surface area contributed by atoms with Crippen molar-refractivity contribution in [2.45, 2.75) is 36.6 Å². The summed E-state index contributed by atoms with van der Waals surface area (Å²) in [6.07, 6.45) is 1.43. The van der Waals surface area contributed by atoms with Gasteiger partial charge < -0.3 is 19.9 Å². The van der Waals surface area contributed by atoms with E-state index in [0.717, 1.165) is 30.2 Å². The maximum atomic E-state index is 13.4. The van der Waals surface area contributed by atoms with Crippen LogP contribution in [-0.2, 0) is 4.79 Å². The van der Waals surface area contributed by atoms with Crippen molar-refractivity contribution < 1.29 is 23.8 Å². The van der Waals surface area contributed by atoms with Gasteiger partial charge >= 0.3 is 0 Å². The molecule has 5 rings (SSSR count). The number of halogens is 2. The van der Waals surface area contributed by atoms with Gasteiger partial charge in [-0.1, -0.05) is 11.6 Å². The predicted molar refractivity (Wildman–Crippen MR) is 103 cm³/mol. The van der Waals surface area contributed by atoms with Crippen LogP contribution in [0.4, 0.5) is 4.39 Å². The van der Waals surface area contributed by atoms with Crippen LogP contribution in [0.15, 0.2) is 29.6 Å². The van der Waals surface area contributed by atoms with E-state index >= 15 is 0 Å². The van der Waals surface area contributed by atoms with Crippen LogP contribution in [0.25, 0.3) is 0 Å². The number of hydrogen-bond donors (Lipinski definition) is 3. The number of rotatable bonds is 8. The molecule has 1 aromatic heterocycles. The second-order valence-corrected chi connectivity index (χ2v) is 8.76. The number of thiophene rings is 1. The fraction of sp³-hybridized carbons (Fsp3) is 0.421. The van der Waals surface area contributed by atoms with E-state index in [4.69, 9.17) is 21.1 Å². The second kappa shape index (κ2) is 7.18. The van der Waals surface area contributed by atoms with Gasteiger partial charge in [0.2, 0.25) is 0 Å². The number of carbonyl (C=O) groups excluding carboxylic acids is 1. The first-order valence-electron chi connectivity index (χ1n) is 8.80. The Kier molecular flexibility index (Phi) is 4.99. The molecule has 150 valence electrons. The van der Waals surface area contributed by atoms with Crippen LogP contribution < -0.4 is 20.1 Å². The molecule has 2 bridgehead atoms. The fourth-order valence-corrected chi connectivity index (χ4v) is 5.06. The predicted octanol–water partition coefficient (Wildman–Crippen LogP) is 3.00. The van der Waals surface area contributed by atoms with Crippen LogP contribution in [0.5, 0.6) is 11.5 Å². The zero-order valence-electron chi connectivity index (χ0n) is 15.1. The van der Waals surface area contributed by atoms with Crippen molar-refractivity contribution in [2.24, 2.45) is 0 Å². The number of amides is 1. The van der Waals surface area contributed by atoms with Gasteiger partial charge in [-0.15, -0.1) is 11.3 Å². The quantitative estimate of drug-likeness (QED) is 0.565. The highest BCUT2D eigenvalue weighted by Gasteiger charge is 2.69. The largest absolute Gasteiger partial charge is 0.495 e. The van der Waals surface area contributed by atoms with Crippen molar-refractivity contribution in [2.75, 3.05) is 13.7 Å². The molecule has 6 nitrogen and oxygen atoms in total. The zero-order chi connectivity index (χ0) is 19.9. The molecule has 1 heterocycles. The first-order valence-corrected chi connectivity index (χ1v) is 10.1. The van der Waals surface area contributed by atoms with Crippen molar-refractivity contribution in [1.82, 2.24) is 10.6 Å². The Morgan fingerprint density at radius 1 is 1.36 bits per heavy atom. The Morgan fingerprint density at radius 3 is 2.79 bits per heavy atom. The molecule has 1 aromatic carbocycles. The van der Waals surface area contributed by atoms with Crippen LogP contribution in [0.2, 0.25) is 5.02 Å². The van der Waals surface area contributed by atoms with Crippen molar-refractivity contribution in [3.63, 3.8) is 0 Å². The minimum Gasteiger partial charge on any atom is -0.495 e. The highest BCUT2D eigenvalue weighted by molar-refractivity contribution is 7.10. The van der Waals surface area contributed by atoms with Gasteiger partial charge in [0.15, 0.2) is 6.61 Å². The lowest BCUT2D eigenvalue weighted by Gasteiger charge is -2.71. The SMILES string of the molecule is COc1ccsc1C(O)NC12CC(NC(=O)COc3ccc(Cl)c(F)c3)(C1)C2. The standard InChI is InChI=1S/C19H20ClFN2O4S/c1-26-14-4-5-28-16(14)17(25)23-19-8-18(9-19,10-19)22-15(24)7-27-11-2-3-12(20)13(21)6-11/h2-6,17,23,25H,7-10H2,1H3,(H,22,24). The number of hydrogen-bond acceptors (Lipinski definition) is 6. The number of aliphatic hydroxyl groups is 1. The number of carbonyl (C=O) groups is 1. The van der Waals surface area contributed by atoms with E-state index in [1.165, 1.54) is 23.5 Å². The minimum atomic E-state index is -0.799. The number of methoxy groups -OCH3 is 1. The second-order valence-electron chi connectivity index (χ2n) is 7.40. The Balaban J connectivity index is 1.24. The molecule has 28 heavy (non-hydrogen) atoms. The molecule has 1 atom stereocenters. The van der Waals surface area contributed by atoms with E-state index in [-0.39, 0.29) is 34.4 Å². The highest BCUT2D eigenvalue weighted by Crippen LogP contribution is 2.61. The smallest absolute Gasteiger partial charge is 0.258 e. The summed E-state index contributed by atoms with van der Waals surface area (Å²) in [6, 6.07) is 5.87. The summed E-state index contributed by atoms with van der Waals surface area (Å²) in [7, 11) is 1.57. The molecule has 3 fully saturated rings. The molecule has 0 aliphatic heterocycles. The van der Waals surface area contributed by atoms with Crippen molar-refractivity contribution in [3.05, 3.63) is 45.4 Å². The molecular weight excluding hydrogens is 407 g/mol. The minimum absolute atomic E-state index is 0.00539. The Bertz CT molecular complexity index is 886. The molecule has 9 heteroatoms. The highest BCUT2D eigenvalue weighted by atomic mass is 35.5. The number of benzene rings is 1. The number of aliphatic hydroxyl groups excluding tert-OH is 1. The maximum Gasteiger partial charge on any atom is 0.258 e. The van der Waals surface area contributed by atoms with Gasteiger partial charge in [-0.05, 0) is 42.8 Å². The van der Waals surface area contributed by atoms with E-state index in [1.807, 2.05) is 11.4 Å². The summed E-state index contributed by atoms with van der Waals surface area (Å²) in [5.41, 5.74) is -0.417. The summed E-state index contributed by atoms with van der Waals surface area (Å²) in [4.78, 5) is 12.9. The third-order valence-corrected chi connectivity index (χ3v) is 6.52. The lowest BCUT2D eigenvalue weighted by atomic mass is 9.44. The third-order valence-electron chi connectivity index (χ3n) is 5.26. The number of nitrogens with one attached hydrogen (secondary N) is 2. The summed E-state index contributed by atoms with van der Waals surface area (Å²) in [6.45, 7) is -0.196. The summed E-state index contributed by atoms with van der Waals surface area (Å²) in [5.74, 6) is 0.0632. The molecule has 3 N–H and O–H groups in total. The van der Waals surface area contributed by atoms with Crippen LogP contribution in [0.3, 0.4) is 0 Å². The summed E-state index contributed by atoms with van der Waals surface area (Å²) < 4.78 is 24.0. The van der Waals surface area contributed by atoms with Gasteiger partial charge in [-0.3, -0.25) is 10.1 Å². The lowest BCUT2D eigenvalue weighted by Crippen LogP contribution is -2.83. The van der Waals surface area contributed by atoms with Crippen molar-refractivity contribution in [1.29, 1.82) is 0 Å². The van der Waals surface area contributed by atoms with Crippen LogP contribution in [0, 0.1) is 5.82 Å². The van der Waals surface area contributed by atoms with E-state index in [2.05, 4.69) is 10.6 Å². The third kappa shape index (κ3) is 3.57. The molecule has 0 spiro atoms. The maximum absolute atomic E-state index is 13.4. The molecule has 2 aromatic rings. The average Bonchev–Trinajstić information content (AvgIpc) is 3.08. The van der Waals surface area contributed by atoms with Gasteiger partial charge in [0.25, 0.3) is 5.91 Å². The van der Waals surface area contributed by atoms with Crippen LogP contribution in [-0.4, -0.2) is 35.8 Å². The summed E-state index contributed by atoms with van der Waals surface area (Å²) >= 11 is 7.05. The molecule has 3 aliphatic carbocycles. The lowest BCUT2D eigenvalue weighted by molar-refractivity contribution is -0.151. The van der Waals surface area contributed by atoms with E-state index in [1.54, 1.807) is 7.11 Å². The molecule has 1 unspecified atom stereocenters. The Hall–Kier alpha value is -1.87. The van der Waals surface area contributed by atoms with Gasteiger partial charge in [0.05, 0.1) is 17.0 Å². The Labute approximate surface area is 170 Å². The first kappa shape index (κ1) is 19.4. The molecule has 0 saturated heterocycles. The zero-order valence-corrected chi connectivity index (χ0v) is 16.7. The van der Waals surface area contributed by atoms with Gasteiger partial charge in [0.1, 0.15) is 23.5 Å². The first-order chi connectivity index (χ1) is 13.3. The van der Waals surface area contributed by atoms with Crippen molar-refractivity contribution in [3.8, 4) is 11.5 Å². The topological polar surface area (TPSA) is 79.8 Å². The molecule has 3 aliphatic rings. The van der Waals surface area contributed by atoms with Gasteiger partial charge in [-0.2, -0.15) is 0 Å². The molecule has 3 saturated carbocycles. The summed E-state index contributed by atoms with van der Waals surface area (Å²) in [5, 5.41) is 18.5. The van der Waals surface area contributed by atoms with Crippen LogP contribution in [0.1, 0.15) is 30.4 Å². The van der Waals surface area contributed by atoms with Gasteiger partial charge in [0, 0.05) is 17.1 Å². The monoisotopic (exact) mass is 426 g/mol. The fourth-order valence-electron chi connectivity index (χ4n) is 4.15. The molecule has 0 radical (unpaired) electrons.